The van der Waals surface area contributed by atoms with Gasteiger partial charge in [0.25, 0.3) is 5.56 Å². The van der Waals surface area contributed by atoms with E-state index in [4.69, 9.17) is 5.10 Å². The molecule has 30 heavy (non-hydrogen) atoms. The minimum Gasteiger partial charge on any atom is -0.309 e. The van der Waals surface area contributed by atoms with Crippen molar-refractivity contribution in [1.82, 2.24) is 19.3 Å². The maximum atomic E-state index is 12.8. The van der Waals surface area contributed by atoms with Crippen LogP contribution in [0.3, 0.4) is 0 Å². The number of benzene rings is 1. The molecule has 1 aromatic carbocycles. The third-order valence-electron chi connectivity index (χ3n) is 4.80. The molecule has 0 unspecified atom stereocenters. The number of rotatable bonds is 4. The van der Waals surface area contributed by atoms with E-state index in [1.165, 1.54) is 22.2 Å². The highest BCUT2D eigenvalue weighted by Crippen LogP contribution is 2.26. The van der Waals surface area contributed by atoms with E-state index >= 15 is 0 Å². The summed E-state index contributed by atoms with van der Waals surface area (Å²) in [4.78, 5) is 30.5. The van der Waals surface area contributed by atoms with E-state index in [9.17, 15) is 9.59 Å². The highest BCUT2D eigenvalue weighted by Gasteiger charge is 2.22. The summed E-state index contributed by atoms with van der Waals surface area (Å²) in [5, 5.41) is 10.1. The molecule has 0 aliphatic carbocycles. The topological polar surface area (TPSA) is 81.8 Å². The molecule has 154 valence electrons. The average Bonchev–Trinajstić information content (AvgIpc) is 3.29. The Kier molecular flexibility index (Phi) is 5.03. The zero-order valence-electron chi connectivity index (χ0n) is 17.3. The van der Waals surface area contributed by atoms with Gasteiger partial charge in [-0.05, 0) is 30.0 Å². The molecular formula is C22H23N5O2S. The van der Waals surface area contributed by atoms with Crippen LogP contribution in [0.15, 0.2) is 52.9 Å². The van der Waals surface area contributed by atoms with Crippen LogP contribution in [0.4, 0.5) is 5.82 Å². The maximum Gasteiger partial charge on any atom is 0.262 e. The van der Waals surface area contributed by atoms with Crippen molar-refractivity contribution in [3.63, 3.8) is 0 Å². The highest BCUT2D eigenvalue weighted by atomic mass is 32.1. The Morgan fingerprint density at radius 3 is 2.63 bits per heavy atom. The molecule has 0 aliphatic rings. The van der Waals surface area contributed by atoms with E-state index < -0.39 is 0 Å². The van der Waals surface area contributed by atoms with Crippen molar-refractivity contribution in [2.45, 2.75) is 39.7 Å². The molecule has 0 saturated carbocycles. The zero-order valence-corrected chi connectivity index (χ0v) is 18.2. The first-order valence-electron chi connectivity index (χ1n) is 9.63. The number of para-hydroxylation sites is 1. The van der Waals surface area contributed by atoms with Crippen molar-refractivity contribution in [1.29, 1.82) is 0 Å². The van der Waals surface area contributed by atoms with E-state index in [-0.39, 0.29) is 23.4 Å². The number of aromatic nitrogens is 4. The van der Waals surface area contributed by atoms with Gasteiger partial charge in [-0.3, -0.25) is 14.2 Å². The van der Waals surface area contributed by atoms with Gasteiger partial charge in [0.05, 0.1) is 23.1 Å². The number of fused-ring (bicyclic) bond motifs is 1. The second kappa shape index (κ2) is 7.53. The number of hydrogen-bond acceptors (Lipinski definition) is 5. The lowest BCUT2D eigenvalue weighted by Gasteiger charge is -2.14. The van der Waals surface area contributed by atoms with Crippen LogP contribution in [-0.2, 0) is 16.8 Å². The van der Waals surface area contributed by atoms with Crippen molar-refractivity contribution >= 4 is 33.3 Å². The molecule has 0 saturated heterocycles. The molecule has 0 atom stereocenters. The van der Waals surface area contributed by atoms with Crippen LogP contribution in [0.25, 0.3) is 15.9 Å². The fraction of sp³-hybridized carbons (Fsp3) is 0.273. The zero-order chi connectivity index (χ0) is 21.5. The third-order valence-corrected chi connectivity index (χ3v) is 5.81. The Hall–Kier alpha value is -3.26. The predicted molar refractivity (Wildman–Crippen MR) is 120 cm³/mol. The van der Waals surface area contributed by atoms with E-state index in [1.54, 1.807) is 4.68 Å². The Balaban J connectivity index is 1.65. The molecule has 7 nitrogen and oxygen atoms in total. The van der Waals surface area contributed by atoms with Crippen LogP contribution in [0.2, 0.25) is 0 Å². The smallest absolute Gasteiger partial charge is 0.262 e. The normalized spacial score (nSPS) is 11.7. The molecule has 4 rings (SSSR count). The summed E-state index contributed by atoms with van der Waals surface area (Å²) in [6, 6.07) is 11.5. The first-order chi connectivity index (χ1) is 14.2. The van der Waals surface area contributed by atoms with Gasteiger partial charge >= 0.3 is 0 Å². The number of amides is 1. The molecule has 1 amide bonds. The fourth-order valence-electron chi connectivity index (χ4n) is 3.16. The molecule has 1 N–H and O–H groups in total. The Morgan fingerprint density at radius 2 is 1.93 bits per heavy atom. The Labute approximate surface area is 178 Å². The van der Waals surface area contributed by atoms with Gasteiger partial charge in [-0.2, -0.15) is 5.10 Å². The molecule has 8 heteroatoms. The number of hydrogen-bond donors (Lipinski definition) is 1. The summed E-state index contributed by atoms with van der Waals surface area (Å²) in [6.45, 7) is 7.96. The minimum absolute atomic E-state index is 0.123. The van der Waals surface area contributed by atoms with E-state index in [1.807, 2.05) is 48.7 Å². The molecule has 0 fully saturated rings. The molecule has 3 heterocycles. The largest absolute Gasteiger partial charge is 0.309 e. The molecule has 4 aromatic rings. The first-order valence-corrected chi connectivity index (χ1v) is 10.5. The summed E-state index contributed by atoms with van der Waals surface area (Å²) in [5.74, 6) is 0.244. The summed E-state index contributed by atoms with van der Waals surface area (Å²) in [6.07, 6.45) is 1.43. The van der Waals surface area contributed by atoms with Crippen LogP contribution in [0, 0.1) is 6.92 Å². The predicted octanol–water partition coefficient (Wildman–Crippen LogP) is 3.89. The van der Waals surface area contributed by atoms with Gasteiger partial charge in [0, 0.05) is 11.5 Å². The SMILES string of the molecule is Cc1csc2ncn(CC(=O)Nc3cc(C(C)(C)C)nn3-c3ccccc3)c(=O)c12. The van der Waals surface area contributed by atoms with Crippen molar-refractivity contribution in [2.75, 3.05) is 5.32 Å². The van der Waals surface area contributed by atoms with Gasteiger partial charge in [0.15, 0.2) is 0 Å². The number of anilines is 1. The minimum atomic E-state index is -0.316. The molecule has 3 aromatic heterocycles. The molecule has 0 bridgehead atoms. The van der Waals surface area contributed by atoms with Gasteiger partial charge in [-0.25, -0.2) is 9.67 Å². The molecule has 0 aliphatic heterocycles. The summed E-state index contributed by atoms with van der Waals surface area (Å²) in [7, 11) is 0. The highest BCUT2D eigenvalue weighted by molar-refractivity contribution is 7.16. The molecule has 0 radical (unpaired) electrons. The van der Waals surface area contributed by atoms with Crippen LogP contribution >= 0.6 is 11.3 Å². The lowest BCUT2D eigenvalue weighted by atomic mass is 9.92. The lowest BCUT2D eigenvalue weighted by Crippen LogP contribution is -2.28. The van der Waals surface area contributed by atoms with Crippen LogP contribution in [0.1, 0.15) is 32.0 Å². The molecule has 0 spiro atoms. The number of thiophene rings is 1. The Morgan fingerprint density at radius 1 is 1.20 bits per heavy atom. The number of aryl methyl sites for hydroxylation is 1. The number of nitrogens with zero attached hydrogens (tertiary/aromatic N) is 4. The number of carbonyl (C=O) groups excluding carboxylic acids is 1. The molecular weight excluding hydrogens is 398 g/mol. The van der Waals surface area contributed by atoms with Crippen LogP contribution in [0.5, 0.6) is 0 Å². The van der Waals surface area contributed by atoms with E-state index in [0.29, 0.717) is 16.0 Å². The van der Waals surface area contributed by atoms with Crippen molar-refractivity contribution in [3.05, 3.63) is 69.7 Å². The second-order valence-electron chi connectivity index (χ2n) is 8.24. The summed E-state index contributed by atoms with van der Waals surface area (Å²) in [5.41, 5.74) is 2.19. The maximum absolute atomic E-state index is 12.8. The van der Waals surface area contributed by atoms with Gasteiger partial charge in [0.1, 0.15) is 17.2 Å². The fourth-order valence-corrected chi connectivity index (χ4v) is 4.04. The summed E-state index contributed by atoms with van der Waals surface area (Å²) < 4.78 is 3.05. The van der Waals surface area contributed by atoms with Gasteiger partial charge < -0.3 is 5.32 Å². The average molecular weight is 422 g/mol. The van der Waals surface area contributed by atoms with Crippen molar-refractivity contribution in [2.24, 2.45) is 0 Å². The monoisotopic (exact) mass is 421 g/mol. The number of nitrogens with one attached hydrogen (secondary N) is 1. The second-order valence-corrected chi connectivity index (χ2v) is 9.09. The van der Waals surface area contributed by atoms with E-state index in [2.05, 4.69) is 31.1 Å². The van der Waals surface area contributed by atoms with Crippen LogP contribution in [-0.4, -0.2) is 25.2 Å². The lowest BCUT2D eigenvalue weighted by molar-refractivity contribution is -0.116. The first kappa shape index (κ1) is 20.0. The van der Waals surface area contributed by atoms with Crippen molar-refractivity contribution in [3.8, 4) is 5.69 Å². The Bertz CT molecular complexity index is 1280. The summed E-state index contributed by atoms with van der Waals surface area (Å²) >= 11 is 1.43. The van der Waals surface area contributed by atoms with Gasteiger partial charge in [-0.15, -0.1) is 11.3 Å². The van der Waals surface area contributed by atoms with Gasteiger partial charge in [-0.1, -0.05) is 39.0 Å². The number of carbonyl (C=O) groups is 1. The van der Waals surface area contributed by atoms with Crippen molar-refractivity contribution < 1.29 is 4.79 Å². The third kappa shape index (κ3) is 3.78. The quantitative estimate of drug-likeness (QED) is 0.542. The van der Waals surface area contributed by atoms with Crippen LogP contribution < -0.4 is 10.9 Å². The van der Waals surface area contributed by atoms with Gasteiger partial charge in [0.2, 0.25) is 5.91 Å². The standard InChI is InChI=1S/C22H23N5O2S/c1-14-12-30-20-19(14)21(29)26(13-23-20)11-18(28)24-17-10-16(22(2,3)4)25-27(17)15-8-6-5-7-9-15/h5-10,12-13H,11H2,1-4H3,(H,24,28). The van der Waals surface area contributed by atoms with E-state index in [0.717, 1.165) is 16.9 Å².